The summed E-state index contributed by atoms with van der Waals surface area (Å²) in [6.07, 6.45) is 5.74. The summed E-state index contributed by atoms with van der Waals surface area (Å²) in [5.41, 5.74) is 6.50. The molecule has 0 unspecified atom stereocenters. The van der Waals surface area contributed by atoms with Crippen LogP contribution in [0, 0.1) is 5.92 Å². The molecule has 2 aromatic carbocycles. The Morgan fingerprint density at radius 2 is 1.70 bits per heavy atom. The standard InChI is InChI=1S/C29H27Br2ClN2O3/c30-22-13-21-5-4-20-14-23(32)15-24(31)27(20)28(29(21)33-16-22)19-6-8-34(9-7-19)25(35)11-17-2-1-3-18(10-17)12-26(36)37/h1-3,10,13-16,19,28H,4-9,11-12H2,(H,36,37)/t28-/m1/s1. The Bertz CT molecular complexity index is 1350. The van der Waals surface area contributed by atoms with Crippen molar-refractivity contribution >= 4 is 55.3 Å². The number of pyridine rings is 1. The van der Waals surface area contributed by atoms with E-state index in [-0.39, 0.29) is 24.7 Å². The Balaban J connectivity index is 1.35. The minimum atomic E-state index is -0.872. The molecule has 0 saturated carbocycles. The molecule has 5 nitrogen and oxygen atoms in total. The zero-order chi connectivity index (χ0) is 26.1. The number of carboxylic acids is 1. The highest BCUT2D eigenvalue weighted by atomic mass is 79.9. The first-order valence-electron chi connectivity index (χ1n) is 12.5. The molecule has 1 aliphatic heterocycles. The molecule has 1 amide bonds. The van der Waals surface area contributed by atoms with Crippen LogP contribution in [0.15, 0.2) is 57.6 Å². The molecule has 0 bridgehead atoms. The van der Waals surface area contributed by atoms with Gasteiger partial charge < -0.3 is 10.0 Å². The van der Waals surface area contributed by atoms with Gasteiger partial charge in [0.15, 0.2) is 0 Å². The quantitative estimate of drug-likeness (QED) is 0.339. The van der Waals surface area contributed by atoms with Crippen molar-refractivity contribution in [3.05, 3.63) is 96.1 Å². The van der Waals surface area contributed by atoms with Gasteiger partial charge in [0, 0.05) is 39.2 Å². The maximum atomic E-state index is 13.1. The summed E-state index contributed by atoms with van der Waals surface area (Å²) in [5, 5.41) is 9.80. The summed E-state index contributed by atoms with van der Waals surface area (Å²) >= 11 is 13.8. The number of likely N-dealkylation sites (tertiary alicyclic amines) is 1. The van der Waals surface area contributed by atoms with Gasteiger partial charge in [-0.05, 0) is 93.5 Å². The van der Waals surface area contributed by atoms with Gasteiger partial charge in [0.2, 0.25) is 5.91 Å². The first-order valence-corrected chi connectivity index (χ1v) is 14.4. The Morgan fingerprint density at radius 3 is 2.43 bits per heavy atom. The molecule has 3 aromatic rings. The second kappa shape index (κ2) is 11.3. The van der Waals surface area contributed by atoms with E-state index >= 15 is 0 Å². The number of nitrogens with zero attached hydrogens (tertiary/aromatic N) is 2. The van der Waals surface area contributed by atoms with Crippen molar-refractivity contribution in [2.24, 2.45) is 5.92 Å². The van der Waals surface area contributed by atoms with Gasteiger partial charge in [-0.25, -0.2) is 0 Å². The highest BCUT2D eigenvalue weighted by Crippen LogP contribution is 2.46. The second-order valence-corrected chi connectivity index (χ2v) is 12.1. The third-order valence-electron chi connectivity index (χ3n) is 7.48. The number of amides is 1. The number of aromatic nitrogens is 1. The molecule has 1 N–H and O–H groups in total. The van der Waals surface area contributed by atoms with Crippen molar-refractivity contribution in [1.29, 1.82) is 0 Å². The smallest absolute Gasteiger partial charge is 0.307 e. The van der Waals surface area contributed by atoms with Crippen molar-refractivity contribution < 1.29 is 14.7 Å². The minimum absolute atomic E-state index is 0.0386. The Kier molecular flexibility index (Phi) is 8.03. The number of fused-ring (bicyclic) bond motifs is 2. The van der Waals surface area contributed by atoms with E-state index in [0.29, 0.717) is 24.6 Å². The molecule has 1 atom stereocenters. The van der Waals surface area contributed by atoms with E-state index in [9.17, 15) is 9.59 Å². The van der Waals surface area contributed by atoms with Crippen molar-refractivity contribution in [3.8, 4) is 0 Å². The Hall–Kier alpha value is -2.22. The third kappa shape index (κ3) is 5.94. The Labute approximate surface area is 238 Å². The van der Waals surface area contributed by atoms with Gasteiger partial charge >= 0.3 is 5.97 Å². The van der Waals surface area contributed by atoms with E-state index in [4.69, 9.17) is 21.7 Å². The SMILES string of the molecule is O=C(O)Cc1cccc(CC(=O)N2CCC([C@H]3c4ncc(Br)cc4CCc4cc(Cl)cc(Br)c43)CC2)c1. The molecule has 192 valence electrons. The van der Waals surface area contributed by atoms with Crippen LogP contribution in [-0.2, 0) is 35.3 Å². The number of carbonyl (C=O) groups is 2. The molecular formula is C29H27Br2ClN2O3. The molecule has 1 aromatic heterocycles. The number of halogens is 3. The van der Waals surface area contributed by atoms with Crippen molar-refractivity contribution in [1.82, 2.24) is 9.88 Å². The van der Waals surface area contributed by atoms with Crippen LogP contribution in [0.2, 0.25) is 5.02 Å². The summed E-state index contributed by atoms with van der Waals surface area (Å²) in [4.78, 5) is 31.0. The number of benzene rings is 2. The fraction of sp³-hybridized carbons (Fsp3) is 0.345. The average molecular weight is 647 g/mol. The predicted molar refractivity (Wildman–Crippen MR) is 151 cm³/mol. The van der Waals surface area contributed by atoms with Gasteiger partial charge in [-0.2, -0.15) is 0 Å². The molecule has 0 spiro atoms. The van der Waals surface area contributed by atoms with E-state index in [0.717, 1.165) is 50.9 Å². The van der Waals surface area contributed by atoms with Crippen molar-refractivity contribution in [2.45, 2.75) is 44.4 Å². The van der Waals surface area contributed by atoms with Crippen molar-refractivity contribution in [3.63, 3.8) is 0 Å². The molecule has 37 heavy (non-hydrogen) atoms. The zero-order valence-corrected chi connectivity index (χ0v) is 24.2. The molecule has 2 aliphatic rings. The van der Waals surface area contributed by atoms with E-state index in [1.54, 1.807) is 6.07 Å². The second-order valence-electron chi connectivity index (χ2n) is 9.92. The number of rotatable bonds is 5. The summed E-state index contributed by atoms with van der Waals surface area (Å²) in [6.45, 7) is 1.39. The van der Waals surface area contributed by atoms with Crippen LogP contribution in [0.3, 0.4) is 0 Å². The summed E-state index contributed by atoms with van der Waals surface area (Å²) in [6, 6.07) is 13.6. The maximum Gasteiger partial charge on any atom is 0.307 e. The van der Waals surface area contributed by atoms with E-state index in [1.165, 1.54) is 16.7 Å². The van der Waals surface area contributed by atoms with Crippen LogP contribution in [0.25, 0.3) is 0 Å². The van der Waals surface area contributed by atoms with Gasteiger partial charge in [-0.3, -0.25) is 14.6 Å². The molecule has 0 radical (unpaired) electrons. The monoisotopic (exact) mass is 644 g/mol. The first-order chi connectivity index (χ1) is 17.8. The van der Waals surface area contributed by atoms with Crippen LogP contribution in [0.4, 0.5) is 0 Å². The molecule has 5 rings (SSSR count). The molecule has 2 heterocycles. The zero-order valence-electron chi connectivity index (χ0n) is 20.2. The highest BCUT2D eigenvalue weighted by molar-refractivity contribution is 9.10. The van der Waals surface area contributed by atoms with Crippen LogP contribution in [0.1, 0.15) is 52.3 Å². The molecular weight excluding hydrogens is 620 g/mol. The van der Waals surface area contributed by atoms with E-state index < -0.39 is 5.97 Å². The predicted octanol–water partition coefficient (Wildman–Crippen LogP) is 6.60. The molecule has 8 heteroatoms. The van der Waals surface area contributed by atoms with Gasteiger partial charge in [-0.1, -0.05) is 51.8 Å². The third-order valence-corrected chi connectivity index (χ3v) is 8.79. The highest BCUT2D eigenvalue weighted by Gasteiger charge is 2.36. The normalized spacial score (nSPS) is 17.6. The number of carboxylic acid groups (broad SMARTS) is 1. The lowest BCUT2D eigenvalue weighted by molar-refractivity contribution is -0.136. The van der Waals surface area contributed by atoms with Gasteiger partial charge in [0.25, 0.3) is 0 Å². The number of aryl methyl sites for hydroxylation is 2. The summed E-state index contributed by atoms with van der Waals surface area (Å²) in [5.74, 6) is -0.299. The Morgan fingerprint density at radius 1 is 1.00 bits per heavy atom. The van der Waals surface area contributed by atoms with Crippen LogP contribution in [-0.4, -0.2) is 40.0 Å². The molecule has 1 fully saturated rings. The number of hydrogen-bond donors (Lipinski definition) is 1. The summed E-state index contributed by atoms with van der Waals surface area (Å²) in [7, 11) is 0. The number of carbonyl (C=O) groups excluding carboxylic acids is 1. The lowest BCUT2D eigenvalue weighted by Gasteiger charge is -2.37. The van der Waals surface area contributed by atoms with Gasteiger partial charge in [-0.15, -0.1) is 0 Å². The van der Waals surface area contributed by atoms with Crippen LogP contribution in [0.5, 0.6) is 0 Å². The fourth-order valence-electron chi connectivity index (χ4n) is 5.82. The molecule has 1 aliphatic carbocycles. The van der Waals surface area contributed by atoms with Gasteiger partial charge in [0.05, 0.1) is 18.5 Å². The topological polar surface area (TPSA) is 70.5 Å². The van der Waals surface area contributed by atoms with E-state index in [1.807, 2.05) is 35.4 Å². The number of piperidine rings is 1. The van der Waals surface area contributed by atoms with Crippen molar-refractivity contribution in [2.75, 3.05) is 13.1 Å². The average Bonchev–Trinajstić information content (AvgIpc) is 3.01. The minimum Gasteiger partial charge on any atom is -0.481 e. The van der Waals surface area contributed by atoms with Crippen LogP contribution >= 0.6 is 43.5 Å². The van der Waals surface area contributed by atoms with Gasteiger partial charge in [0.1, 0.15) is 0 Å². The first kappa shape index (κ1) is 26.4. The molecule has 1 saturated heterocycles. The van der Waals surface area contributed by atoms with E-state index in [2.05, 4.69) is 44.0 Å². The van der Waals surface area contributed by atoms with Crippen LogP contribution < -0.4 is 0 Å². The lowest BCUT2D eigenvalue weighted by Crippen LogP contribution is -2.40. The number of hydrogen-bond acceptors (Lipinski definition) is 3. The summed E-state index contributed by atoms with van der Waals surface area (Å²) < 4.78 is 2.01. The number of aliphatic carboxylic acids is 1. The largest absolute Gasteiger partial charge is 0.481 e. The maximum absolute atomic E-state index is 13.1. The lowest BCUT2D eigenvalue weighted by atomic mass is 9.76. The fourth-order valence-corrected chi connectivity index (χ4v) is 7.32.